The van der Waals surface area contributed by atoms with Gasteiger partial charge in [-0.3, -0.25) is 9.69 Å². The Balaban J connectivity index is 1.85. The third-order valence-electron chi connectivity index (χ3n) is 3.11. The Kier molecular flexibility index (Phi) is 4.31. The van der Waals surface area contributed by atoms with Crippen molar-refractivity contribution in [3.05, 3.63) is 53.2 Å². The minimum absolute atomic E-state index is 0.103. The maximum atomic E-state index is 12.6. The number of ether oxygens (including phenoxy) is 1. The Morgan fingerprint density at radius 3 is 2.73 bits per heavy atom. The van der Waals surface area contributed by atoms with Gasteiger partial charge in [0.15, 0.2) is 4.32 Å². The summed E-state index contributed by atoms with van der Waals surface area (Å²) in [6.45, 7) is 2.54. The van der Waals surface area contributed by atoms with Crippen LogP contribution >= 0.6 is 24.0 Å². The van der Waals surface area contributed by atoms with E-state index < -0.39 is 0 Å². The molecule has 0 saturated carbocycles. The summed E-state index contributed by atoms with van der Waals surface area (Å²) >= 11 is 6.65. The van der Waals surface area contributed by atoms with Gasteiger partial charge in [0.25, 0.3) is 5.91 Å². The quantitative estimate of drug-likeness (QED) is 0.684. The number of hydrogen-bond donors (Lipinski definition) is 1. The molecule has 1 saturated heterocycles. The molecule has 22 heavy (non-hydrogen) atoms. The van der Waals surface area contributed by atoms with Crippen LogP contribution in [0.2, 0.25) is 0 Å². The standard InChI is InChI=1S/C16H14N2O2S2/c1-2-20-13-7-5-12(6-8-13)18-15(19)14(22-16(18)21)10-11-4-3-9-17-11/h3-10,17H,2H2,1H3/b14-10+. The highest BCUT2D eigenvalue weighted by Crippen LogP contribution is 2.36. The summed E-state index contributed by atoms with van der Waals surface area (Å²) < 4.78 is 5.95. The van der Waals surface area contributed by atoms with Gasteiger partial charge in [-0.05, 0) is 49.4 Å². The van der Waals surface area contributed by atoms with E-state index in [4.69, 9.17) is 17.0 Å². The van der Waals surface area contributed by atoms with Crippen LogP contribution in [0.1, 0.15) is 12.6 Å². The summed E-state index contributed by atoms with van der Waals surface area (Å²) in [6.07, 6.45) is 3.63. The van der Waals surface area contributed by atoms with Crippen molar-refractivity contribution in [1.82, 2.24) is 4.98 Å². The van der Waals surface area contributed by atoms with E-state index in [1.165, 1.54) is 11.8 Å². The lowest BCUT2D eigenvalue weighted by atomic mass is 10.2. The lowest BCUT2D eigenvalue weighted by Gasteiger charge is -2.15. The Morgan fingerprint density at radius 1 is 1.32 bits per heavy atom. The van der Waals surface area contributed by atoms with Crippen LogP contribution in [0.15, 0.2) is 47.5 Å². The average molecular weight is 330 g/mol. The van der Waals surface area contributed by atoms with E-state index in [2.05, 4.69) is 4.98 Å². The van der Waals surface area contributed by atoms with Gasteiger partial charge in [-0.2, -0.15) is 0 Å². The summed E-state index contributed by atoms with van der Waals surface area (Å²) in [6, 6.07) is 11.2. The van der Waals surface area contributed by atoms with Crippen molar-refractivity contribution in [3.8, 4) is 5.75 Å². The molecule has 6 heteroatoms. The number of thioether (sulfide) groups is 1. The topological polar surface area (TPSA) is 45.3 Å². The van der Waals surface area contributed by atoms with Crippen LogP contribution in [-0.2, 0) is 4.79 Å². The fourth-order valence-corrected chi connectivity index (χ4v) is 3.41. The first kappa shape index (κ1) is 14.9. The van der Waals surface area contributed by atoms with Crippen LogP contribution in [0, 0.1) is 0 Å². The fraction of sp³-hybridized carbons (Fsp3) is 0.125. The van der Waals surface area contributed by atoms with Gasteiger partial charge in [0.05, 0.1) is 17.2 Å². The Bertz CT molecular complexity index is 721. The summed E-state index contributed by atoms with van der Waals surface area (Å²) in [4.78, 5) is 17.8. The summed E-state index contributed by atoms with van der Waals surface area (Å²) in [7, 11) is 0. The van der Waals surface area contributed by atoms with Crippen molar-refractivity contribution in [2.24, 2.45) is 0 Å². The van der Waals surface area contributed by atoms with Crippen LogP contribution < -0.4 is 9.64 Å². The maximum Gasteiger partial charge on any atom is 0.270 e. The second kappa shape index (κ2) is 6.37. The first-order valence-electron chi connectivity index (χ1n) is 6.83. The number of amides is 1. The van der Waals surface area contributed by atoms with Crippen molar-refractivity contribution < 1.29 is 9.53 Å². The third kappa shape index (κ3) is 2.93. The molecule has 2 aromatic rings. The highest BCUT2D eigenvalue weighted by molar-refractivity contribution is 8.27. The van der Waals surface area contributed by atoms with Gasteiger partial charge in [-0.25, -0.2) is 0 Å². The largest absolute Gasteiger partial charge is 0.494 e. The molecule has 0 spiro atoms. The molecule has 1 aromatic heterocycles. The van der Waals surface area contributed by atoms with E-state index in [1.807, 2.05) is 55.6 Å². The Morgan fingerprint density at radius 2 is 2.09 bits per heavy atom. The predicted molar refractivity (Wildman–Crippen MR) is 94.1 cm³/mol. The van der Waals surface area contributed by atoms with Gasteiger partial charge in [0.2, 0.25) is 0 Å². The van der Waals surface area contributed by atoms with Crippen LogP contribution in [-0.4, -0.2) is 21.8 Å². The van der Waals surface area contributed by atoms with E-state index in [0.717, 1.165) is 17.1 Å². The summed E-state index contributed by atoms with van der Waals surface area (Å²) in [5.41, 5.74) is 1.63. The van der Waals surface area contributed by atoms with Crippen molar-refractivity contribution >= 4 is 46.0 Å². The van der Waals surface area contributed by atoms with Gasteiger partial charge < -0.3 is 9.72 Å². The molecule has 1 amide bonds. The molecule has 0 unspecified atom stereocenters. The summed E-state index contributed by atoms with van der Waals surface area (Å²) in [5.74, 6) is 0.673. The monoisotopic (exact) mass is 330 g/mol. The first-order valence-corrected chi connectivity index (χ1v) is 8.05. The van der Waals surface area contributed by atoms with Gasteiger partial charge in [-0.15, -0.1) is 0 Å². The second-order valence-corrected chi connectivity index (χ2v) is 6.25. The maximum absolute atomic E-state index is 12.6. The number of nitrogens with zero attached hydrogens (tertiary/aromatic N) is 1. The van der Waals surface area contributed by atoms with Gasteiger partial charge in [-0.1, -0.05) is 24.0 Å². The van der Waals surface area contributed by atoms with Gasteiger partial charge in [0.1, 0.15) is 5.75 Å². The van der Waals surface area contributed by atoms with Gasteiger partial charge >= 0.3 is 0 Å². The predicted octanol–water partition coefficient (Wildman–Crippen LogP) is 3.82. The number of aromatic nitrogens is 1. The minimum Gasteiger partial charge on any atom is -0.494 e. The number of hydrogen-bond acceptors (Lipinski definition) is 4. The molecule has 0 atom stereocenters. The van der Waals surface area contributed by atoms with Crippen LogP contribution in [0.25, 0.3) is 6.08 Å². The molecular weight excluding hydrogens is 316 g/mol. The zero-order chi connectivity index (χ0) is 15.5. The highest BCUT2D eigenvalue weighted by atomic mass is 32.2. The lowest BCUT2D eigenvalue weighted by Crippen LogP contribution is -2.27. The molecule has 0 aliphatic carbocycles. The zero-order valence-corrected chi connectivity index (χ0v) is 13.5. The Labute approximate surface area is 138 Å². The van der Waals surface area contributed by atoms with Crippen molar-refractivity contribution in [2.75, 3.05) is 11.5 Å². The molecule has 1 aliphatic heterocycles. The van der Waals surface area contributed by atoms with Crippen molar-refractivity contribution in [1.29, 1.82) is 0 Å². The SMILES string of the molecule is CCOc1ccc(N2C(=O)/C(=C\c3ccc[nH]3)SC2=S)cc1. The van der Waals surface area contributed by atoms with Crippen molar-refractivity contribution in [2.45, 2.75) is 6.92 Å². The van der Waals surface area contributed by atoms with E-state index in [0.29, 0.717) is 15.8 Å². The molecular formula is C16H14N2O2S2. The smallest absolute Gasteiger partial charge is 0.270 e. The van der Waals surface area contributed by atoms with E-state index in [9.17, 15) is 4.79 Å². The van der Waals surface area contributed by atoms with E-state index >= 15 is 0 Å². The molecule has 1 fully saturated rings. The van der Waals surface area contributed by atoms with E-state index in [-0.39, 0.29) is 5.91 Å². The third-order valence-corrected chi connectivity index (χ3v) is 4.41. The molecule has 1 N–H and O–H groups in total. The molecule has 112 valence electrons. The highest BCUT2D eigenvalue weighted by Gasteiger charge is 2.33. The van der Waals surface area contributed by atoms with Crippen LogP contribution in [0.3, 0.4) is 0 Å². The fourth-order valence-electron chi connectivity index (χ4n) is 2.12. The normalized spacial score (nSPS) is 16.6. The molecule has 1 aliphatic rings. The lowest BCUT2D eigenvalue weighted by molar-refractivity contribution is -0.113. The number of aromatic amines is 1. The number of anilines is 1. The van der Waals surface area contributed by atoms with Crippen molar-refractivity contribution in [3.63, 3.8) is 0 Å². The average Bonchev–Trinajstić information content (AvgIpc) is 3.10. The number of carbonyl (C=O) groups excluding carboxylic acids is 1. The number of benzene rings is 1. The van der Waals surface area contributed by atoms with Crippen LogP contribution in [0.5, 0.6) is 5.75 Å². The molecule has 2 heterocycles. The molecule has 4 nitrogen and oxygen atoms in total. The number of nitrogens with one attached hydrogen (secondary N) is 1. The molecule has 1 aromatic carbocycles. The van der Waals surface area contributed by atoms with Gasteiger partial charge in [0, 0.05) is 11.9 Å². The molecule has 0 radical (unpaired) electrons. The first-order chi connectivity index (χ1) is 10.7. The minimum atomic E-state index is -0.103. The number of thiocarbonyl (C=S) groups is 1. The summed E-state index contributed by atoms with van der Waals surface area (Å²) in [5, 5.41) is 0. The number of H-pyrrole nitrogens is 1. The second-order valence-electron chi connectivity index (χ2n) is 4.57. The Hall–Kier alpha value is -2.05. The number of carbonyl (C=O) groups is 1. The van der Waals surface area contributed by atoms with Crippen LogP contribution in [0.4, 0.5) is 5.69 Å². The molecule has 0 bridgehead atoms. The van der Waals surface area contributed by atoms with E-state index in [1.54, 1.807) is 4.90 Å². The number of rotatable bonds is 4. The zero-order valence-electron chi connectivity index (χ0n) is 11.9. The molecule has 3 rings (SSSR count).